The number of hydrogen-bond acceptors (Lipinski definition) is 6. The van der Waals surface area contributed by atoms with Crippen LogP contribution >= 0.6 is 0 Å². The van der Waals surface area contributed by atoms with E-state index in [0.29, 0.717) is 5.75 Å². The zero-order valence-corrected chi connectivity index (χ0v) is 12.4. The van der Waals surface area contributed by atoms with Crippen LogP contribution in [-0.2, 0) is 4.79 Å². The third-order valence-corrected chi connectivity index (χ3v) is 3.08. The van der Waals surface area contributed by atoms with Crippen molar-refractivity contribution in [3.05, 3.63) is 60.1 Å². The number of nitrogens with one attached hydrogen (secondary N) is 1. The van der Waals surface area contributed by atoms with Crippen molar-refractivity contribution in [1.82, 2.24) is 5.43 Å². The van der Waals surface area contributed by atoms with Gasteiger partial charge in [0, 0.05) is 0 Å². The van der Waals surface area contributed by atoms with Crippen molar-refractivity contribution in [2.24, 2.45) is 11.6 Å². The molecule has 0 spiro atoms. The summed E-state index contributed by atoms with van der Waals surface area (Å²) < 4.78 is 10.5. The number of aliphatic carboxylic acids is 1. The fourth-order valence-corrected chi connectivity index (χ4v) is 1.90. The summed E-state index contributed by atoms with van der Waals surface area (Å²) in [5.41, 5.74) is 8.92. The van der Waals surface area contributed by atoms with Crippen LogP contribution < -0.4 is 26.5 Å². The summed E-state index contributed by atoms with van der Waals surface area (Å²) in [6.07, 6.45) is 0. The molecule has 7 heteroatoms. The first-order chi connectivity index (χ1) is 11.0. The number of methoxy groups -OCH3 is 1. The Hall–Kier alpha value is -3.19. The van der Waals surface area contributed by atoms with E-state index >= 15 is 0 Å². The SMILES string of the molecule is COc1cccc(-c2ccc(O/C(NN)=C(/N)C(=O)O)cc2)c1. The summed E-state index contributed by atoms with van der Waals surface area (Å²) in [5.74, 6) is 4.82. The van der Waals surface area contributed by atoms with Gasteiger partial charge in [-0.3, -0.25) is 5.43 Å². The number of benzene rings is 2. The molecule has 0 saturated carbocycles. The number of hydrogen-bond donors (Lipinski definition) is 4. The number of ether oxygens (including phenoxy) is 2. The molecular weight excluding hydrogens is 298 g/mol. The Morgan fingerprint density at radius 2 is 1.78 bits per heavy atom. The maximum atomic E-state index is 10.8. The Morgan fingerprint density at radius 3 is 2.35 bits per heavy atom. The molecule has 7 nitrogen and oxygen atoms in total. The first-order valence-corrected chi connectivity index (χ1v) is 6.67. The molecular formula is C16H17N3O4. The zero-order valence-electron chi connectivity index (χ0n) is 12.4. The van der Waals surface area contributed by atoms with Crippen molar-refractivity contribution in [3.8, 4) is 22.6 Å². The summed E-state index contributed by atoms with van der Waals surface area (Å²) >= 11 is 0. The van der Waals surface area contributed by atoms with Gasteiger partial charge in [-0.15, -0.1) is 0 Å². The van der Waals surface area contributed by atoms with Gasteiger partial charge in [0.2, 0.25) is 5.88 Å². The highest BCUT2D eigenvalue weighted by molar-refractivity contribution is 5.85. The second kappa shape index (κ2) is 7.19. The molecule has 0 bridgehead atoms. The summed E-state index contributed by atoms with van der Waals surface area (Å²) in [6, 6.07) is 14.6. The Balaban J connectivity index is 2.22. The highest BCUT2D eigenvalue weighted by Gasteiger charge is 2.12. The summed E-state index contributed by atoms with van der Waals surface area (Å²) in [5, 5.41) is 8.83. The van der Waals surface area contributed by atoms with Crippen molar-refractivity contribution in [2.45, 2.75) is 0 Å². The number of carbonyl (C=O) groups is 1. The molecule has 0 fully saturated rings. The average molecular weight is 315 g/mol. The molecule has 0 radical (unpaired) electrons. The van der Waals surface area contributed by atoms with Crippen LogP contribution in [0, 0.1) is 0 Å². The number of carboxylic acids is 1. The molecule has 23 heavy (non-hydrogen) atoms. The number of hydrazine groups is 1. The van der Waals surface area contributed by atoms with Gasteiger partial charge in [0.1, 0.15) is 11.5 Å². The van der Waals surface area contributed by atoms with E-state index in [0.717, 1.165) is 16.9 Å². The average Bonchev–Trinajstić information content (AvgIpc) is 2.59. The van der Waals surface area contributed by atoms with E-state index < -0.39 is 11.7 Å². The lowest BCUT2D eigenvalue weighted by Gasteiger charge is -2.11. The Bertz CT molecular complexity index is 726. The topological polar surface area (TPSA) is 120 Å². The summed E-state index contributed by atoms with van der Waals surface area (Å²) in [7, 11) is 1.61. The molecule has 0 atom stereocenters. The molecule has 120 valence electrons. The third-order valence-electron chi connectivity index (χ3n) is 3.08. The minimum absolute atomic E-state index is 0.230. The molecule has 0 unspecified atom stereocenters. The van der Waals surface area contributed by atoms with Crippen molar-refractivity contribution >= 4 is 5.97 Å². The predicted octanol–water partition coefficient (Wildman–Crippen LogP) is 1.42. The van der Waals surface area contributed by atoms with E-state index in [1.54, 1.807) is 19.2 Å². The van der Waals surface area contributed by atoms with E-state index in [9.17, 15) is 4.79 Å². The van der Waals surface area contributed by atoms with Gasteiger partial charge in [-0.1, -0.05) is 24.3 Å². The predicted molar refractivity (Wildman–Crippen MR) is 85.2 cm³/mol. The minimum atomic E-state index is -1.33. The first kappa shape index (κ1) is 16.2. The van der Waals surface area contributed by atoms with Crippen molar-refractivity contribution in [1.29, 1.82) is 0 Å². The summed E-state index contributed by atoms with van der Waals surface area (Å²) in [6.45, 7) is 0. The zero-order chi connectivity index (χ0) is 16.8. The molecule has 0 aromatic heterocycles. The normalized spacial score (nSPS) is 11.4. The fourth-order valence-electron chi connectivity index (χ4n) is 1.90. The Kier molecular flexibility index (Phi) is 5.06. The van der Waals surface area contributed by atoms with Gasteiger partial charge >= 0.3 is 5.97 Å². The molecule has 6 N–H and O–H groups in total. The second-order valence-corrected chi connectivity index (χ2v) is 4.55. The van der Waals surface area contributed by atoms with Gasteiger partial charge in [-0.25, -0.2) is 10.6 Å². The monoisotopic (exact) mass is 315 g/mol. The van der Waals surface area contributed by atoms with Crippen LogP contribution in [-0.4, -0.2) is 18.2 Å². The van der Waals surface area contributed by atoms with E-state index in [2.05, 4.69) is 5.43 Å². The van der Waals surface area contributed by atoms with Crippen LogP contribution in [0.3, 0.4) is 0 Å². The van der Waals surface area contributed by atoms with Gasteiger partial charge in [-0.2, -0.15) is 0 Å². The first-order valence-electron chi connectivity index (χ1n) is 6.67. The molecule has 2 aromatic carbocycles. The number of carboxylic acid groups (broad SMARTS) is 1. The lowest BCUT2D eigenvalue weighted by Crippen LogP contribution is -2.31. The van der Waals surface area contributed by atoms with E-state index in [1.807, 2.05) is 36.4 Å². The van der Waals surface area contributed by atoms with Crippen LogP contribution in [0.1, 0.15) is 0 Å². The molecule has 0 aliphatic rings. The van der Waals surface area contributed by atoms with Crippen LogP contribution in [0.15, 0.2) is 60.1 Å². The van der Waals surface area contributed by atoms with Crippen molar-refractivity contribution in [3.63, 3.8) is 0 Å². The second-order valence-electron chi connectivity index (χ2n) is 4.55. The van der Waals surface area contributed by atoms with Gasteiger partial charge in [0.05, 0.1) is 7.11 Å². The smallest absolute Gasteiger partial charge is 0.357 e. The van der Waals surface area contributed by atoms with E-state index in [4.69, 9.17) is 26.2 Å². The minimum Gasteiger partial charge on any atom is -0.497 e. The highest BCUT2D eigenvalue weighted by atomic mass is 16.5. The maximum absolute atomic E-state index is 10.8. The van der Waals surface area contributed by atoms with Gasteiger partial charge in [0.25, 0.3) is 0 Å². The number of nitrogens with two attached hydrogens (primary N) is 2. The standard InChI is InChI=1S/C16H17N3O4/c1-22-13-4-2-3-11(9-13)10-5-7-12(8-6-10)23-15(19-18)14(17)16(20)21/h2-9,19H,17-18H2,1H3,(H,20,21)/b15-14+. The fraction of sp³-hybridized carbons (Fsp3) is 0.0625. The van der Waals surface area contributed by atoms with Crippen LogP contribution in [0.4, 0.5) is 0 Å². The van der Waals surface area contributed by atoms with E-state index in [-0.39, 0.29) is 5.88 Å². The molecule has 0 amide bonds. The molecule has 2 aromatic rings. The third kappa shape index (κ3) is 3.92. The maximum Gasteiger partial charge on any atom is 0.357 e. The van der Waals surface area contributed by atoms with E-state index in [1.165, 1.54) is 0 Å². The molecule has 0 aliphatic carbocycles. The Labute approximate surface area is 133 Å². The quantitative estimate of drug-likeness (QED) is 0.275. The molecule has 2 rings (SSSR count). The number of rotatable bonds is 6. The van der Waals surface area contributed by atoms with Crippen LogP contribution in [0.25, 0.3) is 11.1 Å². The van der Waals surface area contributed by atoms with Crippen molar-refractivity contribution in [2.75, 3.05) is 7.11 Å². The van der Waals surface area contributed by atoms with Gasteiger partial charge < -0.3 is 20.3 Å². The Morgan fingerprint density at radius 1 is 1.09 bits per heavy atom. The summed E-state index contributed by atoms with van der Waals surface area (Å²) in [4.78, 5) is 10.8. The van der Waals surface area contributed by atoms with Gasteiger partial charge in [0.15, 0.2) is 5.70 Å². The van der Waals surface area contributed by atoms with Crippen molar-refractivity contribution < 1.29 is 19.4 Å². The molecule has 0 saturated heterocycles. The lowest BCUT2D eigenvalue weighted by molar-refractivity contribution is -0.132. The van der Waals surface area contributed by atoms with Gasteiger partial charge in [-0.05, 0) is 35.4 Å². The van der Waals surface area contributed by atoms with Crippen LogP contribution in [0.5, 0.6) is 11.5 Å². The lowest BCUT2D eigenvalue weighted by atomic mass is 10.1. The highest BCUT2D eigenvalue weighted by Crippen LogP contribution is 2.26. The van der Waals surface area contributed by atoms with Crippen LogP contribution in [0.2, 0.25) is 0 Å². The largest absolute Gasteiger partial charge is 0.497 e. The molecule has 0 heterocycles. The molecule has 0 aliphatic heterocycles.